The third-order valence-electron chi connectivity index (χ3n) is 3.88. The van der Waals surface area contributed by atoms with Crippen LogP contribution in [0.1, 0.15) is 31.8 Å². The predicted molar refractivity (Wildman–Crippen MR) is 97.5 cm³/mol. The average molecular weight is 489 g/mol. The van der Waals surface area contributed by atoms with E-state index in [2.05, 4.69) is 14.8 Å². The molecule has 0 saturated carbocycles. The summed E-state index contributed by atoms with van der Waals surface area (Å²) in [6.45, 7) is 1.41. The fourth-order valence-electron chi connectivity index (χ4n) is 2.64. The van der Waals surface area contributed by atoms with E-state index in [-0.39, 0.29) is 16.6 Å². The van der Waals surface area contributed by atoms with Crippen molar-refractivity contribution < 1.29 is 27.5 Å². The molecule has 0 aliphatic heterocycles. The van der Waals surface area contributed by atoms with Gasteiger partial charge in [0.05, 0.1) is 29.3 Å². The lowest BCUT2D eigenvalue weighted by atomic mass is 10.0. The Morgan fingerprint density at radius 3 is 2.59 bits per heavy atom. The summed E-state index contributed by atoms with van der Waals surface area (Å²) in [5, 5.41) is 4.03. The van der Waals surface area contributed by atoms with Crippen molar-refractivity contribution in [3.05, 3.63) is 56.4 Å². The van der Waals surface area contributed by atoms with Crippen LogP contribution >= 0.6 is 22.6 Å². The molecular weight excluding hydrogens is 478 g/mol. The molecule has 2 heterocycles. The number of ether oxygens (including phenoxy) is 1. The maximum atomic E-state index is 13.4. The highest BCUT2D eigenvalue weighted by Crippen LogP contribution is 2.34. The first-order valence-corrected chi connectivity index (χ1v) is 8.57. The number of fused-ring (bicyclic) bond motifs is 1. The molecule has 0 atom stereocenters. The number of hydrogen-bond acceptors (Lipinski definition) is 5. The second-order valence-electron chi connectivity index (χ2n) is 5.59. The molecule has 2 aromatic heterocycles. The van der Waals surface area contributed by atoms with Gasteiger partial charge in [-0.3, -0.25) is 9.78 Å². The van der Waals surface area contributed by atoms with E-state index in [0.29, 0.717) is 9.22 Å². The molecule has 0 saturated heterocycles. The zero-order valence-corrected chi connectivity index (χ0v) is 16.1. The molecule has 0 aliphatic carbocycles. The summed E-state index contributed by atoms with van der Waals surface area (Å²) in [5.74, 6) is -1.65. The summed E-state index contributed by atoms with van der Waals surface area (Å²) in [7, 11) is 1.18. The van der Waals surface area contributed by atoms with Crippen LogP contribution in [0.5, 0.6) is 0 Å². The number of hydrogen-bond donors (Lipinski definition) is 0. The van der Waals surface area contributed by atoms with Gasteiger partial charge in [-0.1, -0.05) is 12.1 Å². The van der Waals surface area contributed by atoms with Gasteiger partial charge in [0, 0.05) is 6.20 Å². The van der Waals surface area contributed by atoms with Gasteiger partial charge >= 0.3 is 12.1 Å². The van der Waals surface area contributed by atoms with Crippen LogP contribution in [0, 0.1) is 10.6 Å². The normalized spacial score (nSPS) is 11.6. The highest BCUT2D eigenvalue weighted by Gasteiger charge is 2.36. The van der Waals surface area contributed by atoms with E-state index in [0.717, 1.165) is 10.7 Å². The van der Waals surface area contributed by atoms with Gasteiger partial charge in [0.1, 0.15) is 9.22 Å². The zero-order valence-electron chi connectivity index (χ0n) is 14.0. The first kappa shape index (κ1) is 19.3. The van der Waals surface area contributed by atoms with Crippen LogP contribution in [0.15, 0.2) is 30.5 Å². The molecule has 0 radical (unpaired) electrons. The fraction of sp³-hybridized carbons (Fsp3) is 0.176. The molecule has 0 fully saturated rings. The van der Waals surface area contributed by atoms with Gasteiger partial charge in [-0.25, -0.2) is 4.79 Å². The van der Waals surface area contributed by atoms with Gasteiger partial charge in [-0.2, -0.15) is 23.0 Å². The smallest absolute Gasteiger partial charge is 0.417 e. The number of esters is 1. The van der Waals surface area contributed by atoms with Crippen molar-refractivity contribution in [1.29, 1.82) is 0 Å². The van der Waals surface area contributed by atoms with Gasteiger partial charge in [-0.15, -0.1) is 0 Å². The number of aromatic nitrogens is 3. The van der Waals surface area contributed by atoms with E-state index in [9.17, 15) is 22.8 Å². The number of alkyl halides is 3. The van der Waals surface area contributed by atoms with Crippen molar-refractivity contribution in [2.24, 2.45) is 0 Å². The van der Waals surface area contributed by atoms with E-state index in [4.69, 9.17) is 0 Å². The van der Waals surface area contributed by atoms with Crippen LogP contribution in [0.2, 0.25) is 0 Å². The van der Waals surface area contributed by atoms with Crippen molar-refractivity contribution in [2.45, 2.75) is 13.1 Å². The van der Waals surface area contributed by atoms with E-state index in [1.165, 1.54) is 38.4 Å². The van der Waals surface area contributed by atoms with Gasteiger partial charge in [0.15, 0.2) is 0 Å². The van der Waals surface area contributed by atoms with Gasteiger partial charge in [0.25, 0.3) is 5.91 Å². The quantitative estimate of drug-likeness (QED) is 0.404. The molecule has 6 nitrogen and oxygen atoms in total. The Hall–Kier alpha value is -2.50. The summed E-state index contributed by atoms with van der Waals surface area (Å²) in [6, 6.07) is 4.80. The van der Waals surface area contributed by atoms with E-state index in [1.54, 1.807) is 0 Å². The summed E-state index contributed by atoms with van der Waals surface area (Å²) in [6.07, 6.45) is -3.45. The summed E-state index contributed by atoms with van der Waals surface area (Å²) < 4.78 is 45.9. The molecule has 0 spiro atoms. The average Bonchev–Trinajstić information content (AvgIpc) is 2.95. The SMILES string of the molecule is COC(=O)c1cnc2c(I)nn(C(=O)c3c(C)cccc3C(F)(F)F)c2c1. The Morgan fingerprint density at radius 2 is 1.96 bits per heavy atom. The number of aryl methyl sites for hydroxylation is 1. The molecule has 3 rings (SSSR count). The topological polar surface area (TPSA) is 74.1 Å². The Bertz CT molecular complexity index is 1080. The minimum absolute atomic E-state index is 0.0520. The molecule has 0 unspecified atom stereocenters. The van der Waals surface area contributed by atoms with Crippen molar-refractivity contribution in [3.63, 3.8) is 0 Å². The lowest BCUT2D eigenvalue weighted by Crippen LogP contribution is -2.21. The Kier molecular flexibility index (Phi) is 4.93. The lowest BCUT2D eigenvalue weighted by molar-refractivity contribution is -0.138. The third-order valence-corrected chi connectivity index (χ3v) is 4.61. The maximum Gasteiger partial charge on any atom is 0.417 e. The molecule has 10 heteroatoms. The standard InChI is InChI=1S/C17H11F3IN3O3/c1-8-4-3-5-10(17(18,19)20)12(8)15(25)24-11-6-9(16(26)27-2)7-22-13(11)14(21)23-24/h3-7H,1-2H3. The minimum Gasteiger partial charge on any atom is -0.465 e. The summed E-state index contributed by atoms with van der Waals surface area (Å²) in [4.78, 5) is 28.8. The summed E-state index contributed by atoms with van der Waals surface area (Å²) in [5.41, 5.74) is -0.943. The zero-order chi connectivity index (χ0) is 19.9. The molecule has 0 N–H and O–H groups in total. The van der Waals surface area contributed by atoms with Crippen LogP contribution < -0.4 is 0 Å². The molecule has 0 bridgehead atoms. The number of carbonyl (C=O) groups is 2. The first-order valence-electron chi connectivity index (χ1n) is 7.49. The second kappa shape index (κ2) is 6.91. The number of nitrogens with zero attached hydrogens (tertiary/aromatic N) is 3. The van der Waals surface area contributed by atoms with Gasteiger partial charge in [-0.05, 0) is 47.2 Å². The lowest BCUT2D eigenvalue weighted by Gasteiger charge is -2.14. The number of rotatable bonds is 2. The monoisotopic (exact) mass is 489 g/mol. The van der Waals surface area contributed by atoms with Gasteiger partial charge < -0.3 is 4.74 Å². The molecule has 140 valence electrons. The Morgan fingerprint density at radius 1 is 1.26 bits per heavy atom. The van der Waals surface area contributed by atoms with Crippen molar-refractivity contribution >= 4 is 45.5 Å². The number of pyridine rings is 1. The number of carbonyl (C=O) groups excluding carboxylic acids is 2. The Balaban J connectivity index is 2.25. The number of methoxy groups -OCH3 is 1. The minimum atomic E-state index is -4.71. The van der Waals surface area contributed by atoms with Crippen LogP contribution in [0.4, 0.5) is 13.2 Å². The van der Waals surface area contributed by atoms with Crippen LogP contribution in [0.3, 0.4) is 0 Å². The summed E-state index contributed by atoms with van der Waals surface area (Å²) >= 11 is 1.82. The van der Waals surface area contributed by atoms with Crippen molar-refractivity contribution in [3.8, 4) is 0 Å². The third kappa shape index (κ3) is 3.40. The maximum absolute atomic E-state index is 13.4. The number of halogens is 4. The largest absolute Gasteiger partial charge is 0.465 e. The molecule has 3 aromatic rings. The van der Waals surface area contributed by atoms with Crippen LogP contribution in [-0.4, -0.2) is 33.8 Å². The van der Waals surface area contributed by atoms with Crippen molar-refractivity contribution in [2.75, 3.05) is 7.11 Å². The highest BCUT2D eigenvalue weighted by atomic mass is 127. The predicted octanol–water partition coefficient (Wildman–Crippen LogP) is 3.84. The fourth-order valence-corrected chi connectivity index (χ4v) is 3.27. The van der Waals surface area contributed by atoms with E-state index in [1.807, 2.05) is 22.6 Å². The molecular formula is C17H11F3IN3O3. The highest BCUT2D eigenvalue weighted by molar-refractivity contribution is 14.1. The van der Waals surface area contributed by atoms with E-state index >= 15 is 0 Å². The van der Waals surface area contributed by atoms with Crippen LogP contribution in [0.25, 0.3) is 11.0 Å². The number of benzene rings is 1. The van der Waals surface area contributed by atoms with Crippen LogP contribution in [-0.2, 0) is 10.9 Å². The molecule has 1 aromatic carbocycles. The Labute approximate surface area is 164 Å². The molecule has 0 aliphatic rings. The van der Waals surface area contributed by atoms with Crippen molar-refractivity contribution in [1.82, 2.24) is 14.8 Å². The second-order valence-corrected chi connectivity index (χ2v) is 6.61. The molecule has 27 heavy (non-hydrogen) atoms. The van der Waals surface area contributed by atoms with E-state index < -0.39 is 29.2 Å². The van der Waals surface area contributed by atoms with Gasteiger partial charge in [0.2, 0.25) is 0 Å². The molecule has 0 amide bonds. The first-order chi connectivity index (χ1) is 12.6.